The van der Waals surface area contributed by atoms with Crippen LogP contribution in [0, 0.1) is 0 Å². The number of benzene rings is 2. The maximum atomic E-state index is 6.06. The molecule has 1 N–H and O–H groups in total. The number of nitrogens with one attached hydrogen (secondary N) is 1. The van der Waals surface area contributed by atoms with Crippen LogP contribution in [-0.4, -0.2) is 6.54 Å². The van der Waals surface area contributed by atoms with Gasteiger partial charge in [-0.15, -0.1) is 0 Å². The molecule has 0 saturated heterocycles. The highest BCUT2D eigenvalue weighted by Gasteiger charge is 2.20. The predicted octanol–water partition coefficient (Wildman–Crippen LogP) is 4.18. The van der Waals surface area contributed by atoms with Gasteiger partial charge in [-0.1, -0.05) is 49.7 Å². The zero-order chi connectivity index (χ0) is 13.1. The number of anilines is 1. The predicted molar refractivity (Wildman–Crippen MR) is 78.7 cm³/mol. The number of para-hydroxylation sites is 2. The van der Waals surface area contributed by atoms with Crippen molar-refractivity contribution in [2.24, 2.45) is 0 Å². The Morgan fingerprint density at radius 2 is 1.89 bits per heavy atom. The Morgan fingerprint density at radius 1 is 1.11 bits per heavy atom. The summed E-state index contributed by atoms with van der Waals surface area (Å²) in [6.45, 7) is 3.03. The van der Waals surface area contributed by atoms with Crippen LogP contribution in [0.25, 0.3) is 0 Å². The molecule has 0 saturated carbocycles. The van der Waals surface area contributed by atoms with E-state index < -0.39 is 0 Å². The van der Waals surface area contributed by atoms with Crippen molar-refractivity contribution < 1.29 is 4.74 Å². The Labute approximate surface area is 114 Å². The molecule has 0 bridgehead atoms. The molecule has 3 rings (SSSR count). The summed E-state index contributed by atoms with van der Waals surface area (Å²) in [5.74, 6) is 0.941. The summed E-state index contributed by atoms with van der Waals surface area (Å²) in [5, 5.41) is 3.43. The summed E-state index contributed by atoms with van der Waals surface area (Å²) in [6, 6.07) is 16.9. The lowest BCUT2D eigenvalue weighted by Crippen LogP contribution is -2.23. The molecule has 0 radical (unpaired) electrons. The Bertz CT molecular complexity index is 547. The van der Waals surface area contributed by atoms with E-state index in [0.717, 1.165) is 24.4 Å². The summed E-state index contributed by atoms with van der Waals surface area (Å²) in [6.07, 6.45) is 2.44. The number of aryl methyl sites for hydroxylation is 1. The molecule has 1 heterocycles. The first-order chi connectivity index (χ1) is 9.36. The third-order valence-electron chi connectivity index (χ3n) is 3.52. The van der Waals surface area contributed by atoms with Crippen LogP contribution >= 0.6 is 0 Å². The van der Waals surface area contributed by atoms with Crippen LogP contribution in [0.4, 0.5) is 5.69 Å². The number of hydrogen-bond acceptors (Lipinski definition) is 2. The Kier molecular flexibility index (Phi) is 3.41. The normalized spacial score (nSPS) is 17.2. The van der Waals surface area contributed by atoms with E-state index in [1.807, 2.05) is 18.2 Å². The summed E-state index contributed by atoms with van der Waals surface area (Å²) < 4.78 is 6.06. The maximum Gasteiger partial charge on any atom is 0.143 e. The Morgan fingerprint density at radius 3 is 2.68 bits per heavy atom. The van der Waals surface area contributed by atoms with Gasteiger partial charge in [0.2, 0.25) is 0 Å². The molecule has 0 fully saturated rings. The van der Waals surface area contributed by atoms with Crippen LogP contribution in [-0.2, 0) is 6.42 Å². The molecule has 1 atom stereocenters. The molecule has 0 spiro atoms. The van der Waals surface area contributed by atoms with Gasteiger partial charge in [-0.25, -0.2) is 0 Å². The van der Waals surface area contributed by atoms with E-state index >= 15 is 0 Å². The summed E-state index contributed by atoms with van der Waals surface area (Å²) >= 11 is 0. The van der Waals surface area contributed by atoms with Gasteiger partial charge >= 0.3 is 0 Å². The molecule has 0 aliphatic carbocycles. The van der Waals surface area contributed by atoms with Crippen LogP contribution in [0.2, 0.25) is 0 Å². The summed E-state index contributed by atoms with van der Waals surface area (Å²) in [5.41, 5.74) is 3.72. The van der Waals surface area contributed by atoms with E-state index in [-0.39, 0.29) is 6.10 Å². The van der Waals surface area contributed by atoms with E-state index in [0.29, 0.717) is 0 Å². The monoisotopic (exact) mass is 253 g/mol. The molecule has 2 heteroatoms. The minimum absolute atomic E-state index is 0.102. The quantitative estimate of drug-likeness (QED) is 0.885. The van der Waals surface area contributed by atoms with Gasteiger partial charge in [0.15, 0.2) is 0 Å². The van der Waals surface area contributed by atoms with Gasteiger partial charge in [-0.2, -0.15) is 0 Å². The zero-order valence-electron chi connectivity index (χ0n) is 11.2. The third kappa shape index (κ3) is 2.58. The maximum absolute atomic E-state index is 6.06. The lowest BCUT2D eigenvalue weighted by molar-refractivity contribution is 0.210. The first-order valence-electron chi connectivity index (χ1n) is 6.95. The van der Waals surface area contributed by atoms with E-state index in [9.17, 15) is 0 Å². The minimum Gasteiger partial charge on any atom is -0.482 e. The second-order valence-corrected chi connectivity index (χ2v) is 4.98. The molecular weight excluding hydrogens is 234 g/mol. The molecular formula is C17H19NO. The Hall–Kier alpha value is -1.96. The highest BCUT2D eigenvalue weighted by Crippen LogP contribution is 2.33. The summed E-state index contributed by atoms with van der Waals surface area (Å²) in [4.78, 5) is 0. The first-order valence-corrected chi connectivity index (χ1v) is 6.95. The van der Waals surface area contributed by atoms with Gasteiger partial charge in [0, 0.05) is 0 Å². The van der Waals surface area contributed by atoms with Crippen molar-refractivity contribution in [3.05, 3.63) is 59.7 Å². The number of fused-ring (bicyclic) bond motifs is 1. The molecule has 2 nitrogen and oxygen atoms in total. The molecule has 98 valence electrons. The largest absolute Gasteiger partial charge is 0.482 e. The molecule has 2 aromatic carbocycles. The van der Waals surface area contributed by atoms with Gasteiger partial charge in [0.25, 0.3) is 0 Å². The molecule has 0 aromatic heterocycles. The average molecular weight is 253 g/mol. The molecule has 1 unspecified atom stereocenters. The van der Waals surface area contributed by atoms with E-state index in [1.54, 1.807) is 0 Å². The lowest BCUT2D eigenvalue weighted by atomic mass is 10.0. The molecule has 0 amide bonds. The zero-order valence-corrected chi connectivity index (χ0v) is 11.2. The fourth-order valence-electron chi connectivity index (χ4n) is 2.49. The van der Waals surface area contributed by atoms with Crippen molar-refractivity contribution in [1.82, 2.24) is 0 Å². The average Bonchev–Trinajstić information content (AvgIpc) is 2.48. The topological polar surface area (TPSA) is 21.3 Å². The molecule has 19 heavy (non-hydrogen) atoms. The Balaban J connectivity index is 1.77. The van der Waals surface area contributed by atoms with Crippen molar-refractivity contribution in [2.75, 3.05) is 11.9 Å². The standard InChI is InChI=1S/C17H19NO/c1-2-5-13-8-10-14(11-9-13)17-12-18-15-6-3-4-7-16(15)19-17/h3-4,6-11,17-18H,2,5,12H2,1H3. The fraction of sp³-hybridized carbons (Fsp3) is 0.294. The highest BCUT2D eigenvalue weighted by atomic mass is 16.5. The summed E-state index contributed by atoms with van der Waals surface area (Å²) in [7, 11) is 0. The second-order valence-electron chi connectivity index (χ2n) is 4.98. The first kappa shape index (κ1) is 12.1. The van der Waals surface area contributed by atoms with Crippen molar-refractivity contribution in [1.29, 1.82) is 0 Å². The van der Waals surface area contributed by atoms with E-state index in [1.165, 1.54) is 17.5 Å². The van der Waals surface area contributed by atoms with Gasteiger partial charge in [0.1, 0.15) is 11.9 Å². The highest BCUT2D eigenvalue weighted by molar-refractivity contribution is 5.58. The van der Waals surface area contributed by atoms with E-state index in [4.69, 9.17) is 4.74 Å². The smallest absolute Gasteiger partial charge is 0.143 e. The van der Waals surface area contributed by atoms with Crippen molar-refractivity contribution >= 4 is 5.69 Å². The van der Waals surface area contributed by atoms with Gasteiger partial charge in [-0.3, -0.25) is 0 Å². The van der Waals surface area contributed by atoms with Crippen LogP contribution < -0.4 is 10.1 Å². The number of hydrogen-bond donors (Lipinski definition) is 1. The van der Waals surface area contributed by atoms with Crippen LogP contribution in [0.15, 0.2) is 48.5 Å². The number of rotatable bonds is 3. The third-order valence-corrected chi connectivity index (χ3v) is 3.52. The minimum atomic E-state index is 0.102. The van der Waals surface area contributed by atoms with Crippen LogP contribution in [0.3, 0.4) is 0 Å². The second kappa shape index (κ2) is 5.35. The van der Waals surface area contributed by atoms with Crippen molar-refractivity contribution in [3.8, 4) is 5.75 Å². The van der Waals surface area contributed by atoms with Gasteiger partial charge in [-0.05, 0) is 29.7 Å². The number of ether oxygens (including phenoxy) is 1. The van der Waals surface area contributed by atoms with Crippen LogP contribution in [0.1, 0.15) is 30.6 Å². The van der Waals surface area contributed by atoms with E-state index in [2.05, 4.69) is 42.6 Å². The lowest BCUT2D eigenvalue weighted by Gasteiger charge is -2.27. The molecule has 1 aliphatic heterocycles. The van der Waals surface area contributed by atoms with Crippen molar-refractivity contribution in [2.45, 2.75) is 25.9 Å². The van der Waals surface area contributed by atoms with Gasteiger partial charge < -0.3 is 10.1 Å². The molecule has 1 aliphatic rings. The molecule has 2 aromatic rings. The van der Waals surface area contributed by atoms with Crippen molar-refractivity contribution in [3.63, 3.8) is 0 Å². The SMILES string of the molecule is CCCc1ccc(C2CNc3ccccc3O2)cc1. The fourth-order valence-corrected chi connectivity index (χ4v) is 2.49. The van der Waals surface area contributed by atoms with Gasteiger partial charge in [0.05, 0.1) is 12.2 Å². The van der Waals surface area contributed by atoms with Crippen LogP contribution in [0.5, 0.6) is 5.75 Å².